The normalized spacial score (nSPS) is 17.1. The van der Waals surface area contributed by atoms with Crippen molar-refractivity contribution in [2.24, 2.45) is 11.8 Å². The van der Waals surface area contributed by atoms with Crippen molar-refractivity contribution >= 4 is 23.6 Å². The van der Waals surface area contributed by atoms with E-state index in [0.29, 0.717) is 24.6 Å². The second-order valence-corrected chi connectivity index (χ2v) is 6.79. The van der Waals surface area contributed by atoms with E-state index in [9.17, 15) is 14.7 Å². The van der Waals surface area contributed by atoms with Gasteiger partial charge in [0.2, 0.25) is 11.8 Å². The Bertz CT molecular complexity index is 335. The Hall–Kier alpha value is -0.750. The second kappa shape index (κ2) is 10.1. The molecule has 21 heavy (non-hydrogen) atoms. The molecule has 3 N–H and O–H groups in total. The summed E-state index contributed by atoms with van der Waals surface area (Å²) in [6.07, 6.45) is 5.98. The van der Waals surface area contributed by atoms with Crippen LogP contribution in [0.2, 0.25) is 0 Å². The minimum atomic E-state index is -0.487. The van der Waals surface area contributed by atoms with Crippen molar-refractivity contribution in [3.63, 3.8) is 0 Å². The van der Waals surface area contributed by atoms with Crippen LogP contribution in [0.1, 0.15) is 39.0 Å². The molecule has 0 aromatic heterocycles. The van der Waals surface area contributed by atoms with Crippen molar-refractivity contribution in [2.75, 3.05) is 25.1 Å². The monoisotopic (exact) mass is 316 g/mol. The Kier molecular flexibility index (Phi) is 8.76. The van der Waals surface area contributed by atoms with E-state index >= 15 is 0 Å². The summed E-state index contributed by atoms with van der Waals surface area (Å²) in [5.74, 6) is 1.33. The summed E-state index contributed by atoms with van der Waals surface area (Å²) < 4.78 is 0. The fourth-order valence-electron chi connectivity index (χ4n) is 2.07. The van der Waals surface area contributed by atoms with Crippen LogP contribution in [0.15, 0.2) is 0 Å². The van der Waals surface area contributed by atoms with Gasteiger partial charge in [-0.3, -0.25) is 9.59 Å². The van der Waals surface area contributed by atoms with Crippen LogP contribution < -0.4 is 10.6 Å². The minimum Gasteiger partial charge on any atom is -0.391 e. The summed E-state index contributed by atoms with van der Waals surface area (Å²) in [5.41, 5.74) is 0. The van der Waals surface area contributed by atoms with Gasteiger partial charge in [0.15, 0.2) is 0 Å². The van der Waals surface area contributed by atoms with E-state index in [1.807, 2.05) is 6.26 Å². The van der Waals surface area contributed by atoms with Gasteiger partial charge >= 0.3 is 0 Å². The van der Waals surface area contributed by atoms with Crippen LogP contribution in [0, 0.1) is 11.8 Å². The van der Waals surface area contributed by atoms with Gasteiger partial charge in [-0.15, -0.1) is 0 Å². The molecular formula is C15H28N2O3S. The molecule has 0 bridgehead atoms. The molecule has 1 fully saturated rings. The molecule has 0 heterocycles. The van der Waals surface area contributed by atoms with E-state index in [1.165, 1.54) is 11.8 Å². The molecule has 2 amide bonds. The van der Waals surface area contributed by atoms with Gasteiger partial charge in [-0.2, -0.15) is 11.8 Å². The minimum absolute atomic E-state index is 0.0302. The summed E-state index contributed by atoms with van der Waals surface area (Å²) in [4.78, 5) is 22.7. The Labute approximate surface area is 131 Å². The van der Waals surface area contributed by atoms with Crippen molar-refractivity contribution < 1.29 is 14.7 Å². The van der Waals surface area contributed by atoms with Crippen molar-refractivity contribution in [1.29, 1.82) is 0 Å². The topological polar surface area (TPSA) is 78.4 Å². The maximum atomic E-state index is 11.5. The first-order valence-corrected chi connectivity index (χ1v) is 9.13. The number of carbonyl (C=O) groups is 2. The first-order chi connectivity index (χ1) is 10.0. The number of rotatable bonds is 11. The number of aliphatic hydroxyl groups excluding tert-OH is 1. The summed E-state index contributed by atoms with van der Waals surface area (Å²) in [6, 6.07) is 0. The Morgan fingerprint density at radius 3 is 2.57 bits per heavy atom. The van der Waals surface area contributed by atoms with Crippen LogP contribution in [-0.2, 0) is 9.59 Å². The van der Waals surface area contributed by atoms with Gasteiger partial charge in [0, 0.05) is 19.0 Å². The second-order valence-electron chi connectivity index (χ2n) is 5.93. The molecule has 1 unspecified atom stereocenters. The molecule has 0 radical (unpaired) electrons. The molecule has 0 aliphatic heterocycles. The highest BCUT2D eigenvalue weighted by Crippen LogP contribution is 2.28. The van der Waals surface area contributed by atoms with E-state index in [4.69, 9.17) is 0 Å². The zero-order valence-corrected chi connectivity index (χ0v) is 13.9. The Morgan fingerprint density at radius 2 is 1.95 bits per heavy atom. The lowest BCUT2D eigenvalue weighted by Gasteiger charge is -2.15. The Morgan fingerprint density at radius 1 is 1.24 bits per heavy atom. The number of aliphatic hydroxyl groups is 1. The average Bonchev–Trinajstić information content (AvgIpc) is 3.27. The number of hydrogen-bond donors (Lipinski definition) is 3. The van der Waals surface area contributed by atoms with Crippen LogP contribution in [0.25, 0.3) is 0 Å². The predicted octanol–water partition coefficient (Wildman–Crippen LogP) is 1.16. The van der Waals surface area contributed by atoms with Gasteiger partial charge in [0.25, 0.3) is 0 Å². The quantitative estimate of drug-likeness (QED) is 0.534. The lowest BCUT2D eigenvalue weighted by Crippen LogP contribution is -2.33. The van der Waals surface area contributed by atoms with Gasteiger partial charge in [-0.05, 0) is 44.3 Å². The van der Waals surface area contributed by atoms with Crippen LogP contribution >= 0.6 is 11.8 Å². The number of amides is 2. The molecular weight excluding hydrogens is 288 g/mol. The maximum absolute atomic E-state index is 11.5. The molecule has 1 aliphatic carbocycles. The standard InChI is InChI=1S/C15H28N2O3S/c1-11(7-8-16-15(20)12-4-5-12)3-6-13(18)9-17-14(19)10-21-2/h11-13,18H,3-10H2,1-2H3,(H,16,20)(H,17,19)/t11?,13-/m1/s1. The molecule has 0 aromatic rings. The van der Waals surface area contributed by atoms with Crippen molar-refractivity contribution in [1.82, 2.24) is 10.6 Å². The van der Waals surface area contributed by atoms with Crippen molar-refractivity contribution in [3.05, 3.63) is 0 Å². The predicted molar refractivity (Wildman–Crippen MR) is 86.1 cm³/mol. The third-order valence-corrected chi connectivity index (χ3v) is 4.24. The first-order valence-electron chi connectivity index (χ1n) is 7.74. The van der Waals surface area contributed by atoms with Crippen molar-refractivity contribution in [3.8, 4) is 0 Å². The van der Waals surface area contributed by atoms with Gasteiger partial charge in [0.1, 0.15) is 0 Å². The molecule has 1 saturated carbocycles. The fourth-order valence-corrected chi connectivity index (χ4v) is 2.43. The zero-order chi connectivity index (χ0) is 15.7. The summed E-state index contributed by atoms with van der Waals surface area (Å²) in [7, 11) is 0. The maximum Gasteiger partial charge on any atom is 0.230 e. The summed E-state index contributed by atoms with van der Waals surface area (Å²) in [6.45, 7) is 3.17. The zero-order valence-electron chi connectivity index (χ0n) is 13.1. The molecule has 6 heteroatoms. The highest BCUT2D eigenvalue weighted by molar-refractivity contribution is 7.99. The number of hydrogen-bond acceptors (Lipinski definition) is 4. The molecule has 1 aliphatic rings. The molecule has 0 saturated heterocycles. The molecule has 0 spiro atoms. The van der Waals surface area contributed by atoms with Gasteiger partial charge in [-0.25, -0.2) is 0 Å². The van der Waals surface area contributed by atoms with Crippen LogP contribution in [0.3, 0.4) is 0 Å². The van der Waals surface area contributed by atoms with E-state index in [-0.39, 0.29) is 17.7 Å². The van der Waals surface area contributed by atoms with E-state index in [1.54, 1.807) is 0 Å². The Balaban J connectivity index is 1.99. The fraction of sp³-hybridized carbons (Fsp3) is 0.867. The highest BCUT2D eigenvalue weighted by atomic mass is 32.2. The lowest BCUT2D eigenvalue weighted by molar-refractivity contribution is -0.122. The number of carbonyl (C=O) groups excluding carboxylic acids is 2. The molecule has 2 atom stereocenters. The SMILES string of the molecule is CSCC(=O)NC[C@H](O)CCC(C)CCNC(=O)C1CC1. The highest BCUT2D eigenvalue weighted by Gasteiger charge is 2.29. The number of nitrogens with one attached hydrogen (secondary N) is 2. The summed E-state index contributed by atoms with van der Waals surface area (Å²) >= 11 is 1.47. The largest absolute Gasteiger partial charge is 0.391 e. The number of thioether (sulfide) groups is 1. The van der Waals surface area contributed by atoms with Crippen LogP contribution in [0.4, 0.5) is 0 Å². The van der Waals surface area contributed by atoms with E-state index in [0.717, 1.165) is 32.2 Å². The van der Waals surface area contributed by atoms with Gasteiger partial charge in [0.05, 0.1) is 11.9 Å². The van der Waals surface area contributed by atoms with Crippen LogP contribution in [-0.4, -0.2) is 48.1 Å². The summed E-state index contributed by atoms with van der Waals surface area (Å²) in [5, 5.41) is 15.5. The first kappa shape index (κ1) is 18.3. The van der Waals surface area contributed by atoms with Gasteiger partial charge < -0.3 is 15.7 Å². The average molecular weight is 316 g/mol. The third kappa shape index (κ3) is 8.98. The molecule has 122 valence electrons. The van der Waals surface area contributed by atoms with Crippen LogP contribution in [0.5, 0.6) is 0 Å². The van der Waals surface area contributed by atoms with E-state index < -0.39 is 6.10 Å². The molecule has 1 rings (SSSR count). The van der Waals surface area contributed by atoms with Crippen molar-refractivity contribution in [2.45, 2.75) is 45.1 Å². The third-order valence-electron chi connectivity index (χ3n) is 3.69. The van der Waals surface area contributed by atoms with E-state index in [2.05, 4.69) is 17.6 Å². The van der Waals surface area contributed by atoms with Gasteiger partial charge in [-0.1, -0.05) is 6.92 Å². The smallest absolute Gasteiger partial charge is 0.230 e. The molecule has 0 aromatic carbocycles. The molecule has 5 nitrogen and oxygen atoms in total. The lowest BCUT2D eigenvalue weighted by atomic mass is 9.99.